The number of aliphatic carboxylic acids is 1. The Hall–Kier alpha value is -4.91. The van der Waals surface area contributed by atoms with E-state index < -0.39 is 11.4 Å². The van der Waals surface area contributed by atoms with Crippen LogP contribution < -0.4 is 10.1 Å². The van der Waals surface area contributed by atoms with E-state index in [9.17, 15) is 9.90 Å². The number of pyridine rings is 1. The number of rotatable bonds is 8. The van der Waals surface area contributed by atoms with Gasteiger partial charge in [-0.2, -0.15) is 4.98 Å². The number of aryl methyl sites for hydroxylation is 1. The Kier molecular flexibility index (Phi) is 5.88. The third kappa shape index (κ3) is 4.39. The summed E-state index contributed by atoms with van der Waals surface area (Å²) in [6.07, 6.45) is 1.23. The summed E-state index contributed by atoms with van der Waals surface area (Å²) in [7, 11) is 0. The zero-order valence-corrected chi connectivity index (χ0v) is 20.7. The van der Waals surface area contributed by atoms with E-state index in [2.05, 4.69) is 15.5 Å². The van der Waals surface area contributed by atoms with Gasteiger partial charge in [0.15, 0.2) is 5.76 Å². The van der Waals surface area contributed by atoms with Crippen LogP contribution in [-0.2, 0) is 10.2 Å². The van der Waals surface area contributed by atoms with E-state index in [0.29, 0.717) is 47.4 Å². The van der Waals surface area contributed by atoms with Crippen LogP contribution in [0.2, 0.25) is 0 Å². The highest BCUT2D eigenvalue weighted by Gasteiger charge is 2.52. The fraction of sp³-hybridized carbons (Fsp3) is 0.129. The molecule has 6 rings (SSSR count). The van der Waals surface area contributed by atoms with Crippen LogP contribution in [0.5, 0.6) is 11.6 Å². The molecule has 1 aliphatic carbocycles. The average Bonchev–Trinajstić information content (AvgIpc) is 3.69. The lowest BCUT2D eigenvalue weighted by Gasteiger charge is -2.16. The first-order valence-electron chi connectivity index (χ1n) is 12.4. The zero-order chi connectivity index (χ0) is 26.1. The lowest BCUT2D eigenvalue weighted by molar-refractivity contribution is -0.140. The van der Waals surface area contributed by atoms with Crippen molar-refractivity contribution >= 4 is 17.5 Å². The molecule has 2 heterocycles. The predicted octanol–water partition coefficient (Wildman–Crippen LogP) is 7.36. The van der Waals surface area contributed by atoms with E-state index in [4.69, 9.17) is 9.26 Å². The van der Waals surface area contributed by atoms with Crippen molar-refractivity contribution in [2.45, 2.75) is 25.2 Å². The molecule has 3 aromatic carbocycles. The van der Waals surface area contributed by atoms with Crippen LogP contribution in [0, 0.1) is 6.92 Å². The summed E-state index contributed by atoms with van der Waals surface area (Å²) in [6, 6.07) is 30.7. The van der Waals surface area contributed by atoms with Crippen molar-refractivity contribution in [2.24, 2.45) is 0 Å². The first kappa shape index (κ1) is 23.5. The molecule has 1 aliphatic rings. The van der Waals surface area contributed by atoms with Gasteiger partial charge < -0.3 is 19.7 Å². The Balaban J connectivity index is 1.41. The molecule has 0 radical (unpaired) electrons. The molecule has 7 nitrogen and oxygen atoms in total. The van der Waals surface area contributed by atoms with Gasteiger partial charge in [-0.05, 0) is 60.7 Å². The maximum absolute atomic E-state index is 12.1. The summed E-state index contributed by atoms with van der Waals surface area (Å²) < 4.78 is 11.8. The molecular weight excluding hydrogens is 478 g/mol. The van der Waals surface area contributed by atoms with Crippen LogP contribution in [-0.4, -0.2) is 21.2 Å². The van der Waals surface area contributed by atoms with Crippen LogP contribution in [0.1, 0.15) is 24.1 Å². The normalized spacial score (nSPS) is 13.6. The van der Waals surface area contributed by atoms with Gasteiger partial charge in [-0.3, -0.25) is 4.79 Å². The third-order valence-electron chi connectivity index (χ3n) is 6.87. The van der Waals surface area contributed by atoms with Crippen LogP contribution in [0.15, 0.2) is 102 Å². The number of nitrogens with zero attached hydrogens (tertiary/aromatic N) is 2. The Morgan fingerprint density at radius 1 is 0.921 bits per heavy atom. The van der Waals surface area contributed by atoms with E-state index in [0.717, 1.165) is 22.3 Å². The number of hydrogen-bond donors (Lipinski definition) is 2. The third-order valence-corrected chi connectivity index (χ3v) is 6.87. The monoisotopic (exact) mass is 503 g/mol. The van der Waals surface area contributed by atoms with Crippen molar-refractivity contribution in [1.82, 2.24) is 10.1 Å². The maximum Gasteiger partial charge on any atom is 0.314 e. The van der Waals surface area contributed by atoms with Crippen LogP contribution >= 0.6 is 0 Å². The second-order valence-corrected chi connectivity index (χ2v) is 9.39. The minimum absolute atomic E-state index is 0.445. The van der Waals surface area contributed by atoms with Crippen molar-refractivity contribution in [3.8, 4) is 34.1 Å². The highest BCUT2D eigenvalue weighted by atomic mass is 16.5. The van der Waals surface area contributed by atoms with Crippen molar-refractivity contribution in [2.75, 3.05) is 5.32 Å². The summed E-state index contributed by atoms with van der Waals surface area (Å²) in [5.41, 5.74) is 3.90. The summed E-state index contributed by atoms with van der Waals surface area (Å²) in [6.45, 7) is 1.85. The fourth-order valence-electron chi connectivity index (χ4n) is 4.63. The van der Waals surface area contributed by atoms with E-state index in [1.807, 2.05) is 97.9 Å². The van der Waals surface area contributed by atoms with Gasteiger partial charge in [0.05, 0.1) is 5.41 Å². The van der Waals surface area contributed by atoms with Gasteiger partial charge in [0, 0.05) is 11.6 Å². The highest BCUT2D eigenvalue weighted by Crippen LogP contribution is 2.50. The van der Waals surface area contributed by atoms with Crippen molar-refractivity contribution in [1.29, 1.82) is 0 Å². The van der Waals surface area contributed by atoms with Crippen LogP contribution in [0.25, 0.3) is 22.5 Å². The van der Waals surface area contributed by atoms with Crippen LogP contribution in [0.3, 0.4) is 0 Å². The summed E-state index contributed by atoms with van der Waals surface area (Å²) in [5, 5.41) is 17.5. The lowest BCUT2D eigenvalue weighted by atomic mass is 9.89. The Bertz CT molecular complexity index is 1610. The summed E-state index contributed by atoms with van der Waals surface area (Å²) in [4.78, 5) is 16.7. The molecule has 7 heteroatoms. The molecule has 188 valence electrons. The molecule has 1 saturated carbocycles. The smallest absolute Gasteiger partial charge is 0.314 e. The van der Waals surface area contributed by atoms with Crippen molar-refractivity contribution in [3.05, 3.63) is 108 Å². The Morgan fingerprint density at radius 2 is 1.66 bits per heavy atom. The van der Waals surface area contributed by atoms with E-state index >= 15 is 0 Å². The molecule has 0 unspecified atom stereocenters. The van der Waals surface area contributed by atoms with Gasteiger partial charge in [0.1, 0.15) is 22.9 Å². The molecule has 0 spiro atoms. The van der Waals surface area contributed by atoms with Gasteiger partial charge in [-0.25, -0.2) is 0 Å². The van der Waals surface area contributed by atoms with E-state index in [-0.39, 0.29) is 0 Å². The van der Waals surface area contributed by atoms with E-state index in [1.165, 1.54) is 0 Å². The Morgan fingerprint density at radius 3 is 2.37 bits per heavy atom. The zero-order valence-electron chi connectivity index (χ0n) is 20.7. The first-order chi connectivity index (χ1) is 18.5. The molecule has 0 aliphatic heterocycles. The maximum atomic E-state index is 12.1. The first-order valence-corrected chi connectivity index (χ1v) is 12.4. The molecule has 1 fully saturated rings. The number of carbonyl (C=O) groups is 1. The number of benzene rings is 3. The molecule has 0 atom stereocenters. The molecule has 5 aromatic rings. The number of aromatic nitrogens is 2. The summed E-state index contributed by atoms with van der Waals surface area (Å²) >= 11 is 0. The standard InChI is InChI=1S/C31H25N3O4/c1-20-28(33-26-13-8-14-27(32-26)37-23-11-6-3-7-12-23)29(38-34-20)25-19-22(31(17-18-31)30(35)36)15-16-24(25)21-9-4-2-5-10-21/h2-16,19H,17-18H2,1H3,(H,32,33)(H,35,36). The molecule has 0 bridgehead atoms. The summed E-state index contributed by atoms with van der Waals surface area (Å²) in [5.74, 6) is 1.41. The number of carboxylic acid groups (broad SMARTS) is 1. The largest absolute Gasteiger partial charge is 0.481 e. The second kappa shape index (κ2) is 9.52. The second-order valence-electron chi connectivity index (χ2n) is 9.39. The fourth-order valence-corrected chi connectivity index (χ4v) is 4.63. The minimum Gasteiger partial charge on any atom is -0.481 e. The van der Waals surface area contributed by atoms with Crippen LogP contribution in [0.4, 0.5) is 11.5 Å². The lowest BCUT2D eigenvalue weighted by Crippen LogP contribution is -2.19. The van der Waals surface area contributed by atoms with Gasteiger partial charge in [0.2, 0.25) is 5.88 Å². The van der Waals surface area contributed by atoms with Gasteiger partial charge >= 0.3 is 5.97 Å². The number of nitrogens with one attached hydrogen (secondary N) is 1. The average molecular weight is 504 g/mol. The number of carboxylic acids is 1. The molecule has 0 amide bonds. The highest BCUT2D eigenvalue weighted by molar-refractivity contribution is 5.91. The number of anilines is 2. The topological polar surface area (TPSA) is 97.5 Å². The number of hydrogen-bond acceptors (Lipinski definition) is 6. The van der Waals surface area contributed by atoms with Crippen molar-refractivity contribution < 1.29 is 19.2 Å². The Labute approximate surface area is 219 Å². The molecular formula is C31H25N3O4. The SMILES string of the molecule is Cc1noc(-c2cc(C3(C(=O)O)CC3)ccc2-c2ccccc2)c1Nc1cccc(Oc2ccccc2)n1. The molecule has 2 aromatic heterocycles. The molecule has 0 saturated heterocycles. The number of ether oxygens (including phenoxy) is 1. The molecule has 2 N–H and O–H groups in total. The van der Waals surface area contributed by atoms with E-state index in [1.54, 1.807) is 6.07 Å². The minimum atomic E-state index is -0.850. The van der Waals surface area contributed by atoms with Gasteiger partial charge in [-0.1, -0.05) is 71.9 Å². The van der Waals surface area contributed by atoms with Gasteiger partial charge in [-0.15, -0.1) is 0 Å². The van der Waals surface area contributed by atoms with Crippen molar-refractivity contribution in [3.63, 3.8) is 0 Å². The predicted molar refractivity (Wildman–Crippen MR) is 145 cm³/mol. The van der Waals surface area contributed by atoms with Gasteiger partial charge in [0.25, 0.3) is 0 Å². The number of para-hydroxylation sites is 1. The molecule has 38 heavy (non-hydrogen) atoms. The quantitative estimate of drug-likeness (QED) is 0.228.